The average molecular weight is 299 g/mol. The van der Waals surface area contributed by atoms with E-state index in [1.54, 1.807) is 10.9 Å². The van der Waals surface area contributed by atoms with Crippen LogP contribution in [-0.2, 0) is 0 Å². The molecular formula is C15H19N6O+. The van der Waals surface area contributed by atoms with Crippen molar-refractivity contribution < 1.29 is 9.32 Å². The second kappa shape index (κ2) is 6.40. The summed E-state index contributed by atoms with van der Waals surface area (Å²) in [5, 5.41) is 15.2. The lowest BCUT2D eigenvalue weighted by molar-refractivity contribution is -0.891. The van der Waals surface area contributed by atoms with E-state index in [1.807, 2.05) is 42.5 Å². The molecule has 0 aliphatic rings. The molecule has 114 valence electrons. The van der Waals surface area contributed by atoms with E-state index in [4.69, 9.17) is 4.42 Å². The van der Waals surface area contributed by atoms with Crippen molar-refractivity contribution in [3.05, 3.63) is 54.5 Å². The number of tetrazole rings is 1. The first-order chi connectivity index (χ1) is 10.8. The number of furan rings is 1. The highest BCUT2D eigenvalue weighted by molar-refractivity contribution is 5.38. The maximum atomic E-state index is 5.52. The van der Waals surface area contributed by atoms with E-state index in [1.165, 1.54) is 4.90 Å². The molecule has 0 saturated heterocycles. The van der Waals surface area contributed by atoms with Crippen molar-refractivity contribution in [2.45, 2.75) is 6.04 Å². The molecule has 0 fully saturated rings. The molecule has 2 heterocycles. The SMILES string of the molecule is C[NH+](C)[C@@H](CNc1nnnn1-c1ccccc1)c1ccco1. The van der Waals surface area contributed by atoms with Gasteiger partial charge in [-0.25, -0.2) is 0 Å². The van der Waals surface area contributed by atoms with E-state index in [2.05, 4.69) is 34.9 Å². The molecule has 2 N–H and O–H groups in total. The predicted molar refractivity (Wildman–Crippen MR) is 81.9 cm³/mol. The first kappa shape index (κ1) is 14.3. The number of nitrogens with one attached hydrogen (secondary N) is 2. The summed E-state index contributed by atoms with van der Waals surface area (Å²) in [6.45, 7) is 0.670. The first-order valence-electron chi connectivity index (χ1n) is 7.17. The number of quaternary nitrogens is 1. The monoisotopic (exact) mass is 299 g/mol. The number of anilines is 1. The third-order valence-electron chi connectivity index (χ3n) is 3.52. The normalized spacial score (nSPS) is 12.5. The molecule has 1 atom stereocenters. The van der Waals surface area contributed by atoms with Crippen LogP contribution in [0.3, 0.4) is 0 Å². The molecule has 1 aromatic carbocycles. The Kier molecular flexibility index (Phi) is 4.15. The summed E-state index contributed by atoms with van der Waals surface area (Å²) in [6, 6.07) is 13.9. The fourth-order valence-corrected chi connectivity index (χ4v) is 2.31. The minimum atomic E-state index is 0.177. The molecule has 3 rings (SSSR count). The summed E-state index contributed by atoms with van der Waals surface area (Å²) in [7, 11) is 4.18. The number of likely N-dealkylation sites (N-methyl/N-ethyl adjacent to an activating group) is 1. The van der Waals surface area contributed by atoms with Crippen molar-refractivity contribution in [3.63, 3.8) is 0 Å². The number of aromatic nitrogens is 4. The number of rotatable bonds is 6. The van der Waals surface area contributed by atoms with Gasteiger partial charge in [-0.1, -0.05) is 23.3 Å². The van der Waals surface area contributed by atoms with E-state index in [0.29, 0.717) is 12.5 Å². The van der Waals surface area contributed by atoms with Crippen molar-refractivity contribution >= 4 is 5.95 Å². The summed E-state index contributed by atoms with van der Waals surface area (Å²) < 4.78 is 7.21. The van der Waals surface area contributed by atoms with Crippen LogP contribution in [0.2, 0.25) is 0 Å². The summed E-state index contributed by atoms with van der Waals surface area (Å²) in [5.41, 5.74) is 0.918. The second-order valence-electron chi connectivity index (χ2n) is 5.28. The minimum Gasteiger partial charge on any atom is -0.463 e. The van der Waals surface area contributed by atoms with Gasteiger partial charge in [0.15, 0.2) is 11.8 Å². The minimum absolute atomic E-state index is 0.177. The van der Waals surface area contributed by atoms with Gasteiger partial charge in [0.2, 0.25) is 5.95 Å². The smallest absolute Gasteiger partial charge is 0.247 e. The third-order valence-corrected chi connectivity index (χ3v) is 3.52. The van der Waals surface area contributed by atoms with E-state index >= 15 is 0 Å². The van der Waals surface area contributed by atoms with Crippen molar-refractivity contribution in [1.29, 1.82) is 0 Å². The molecule has 0 aliphatic heterocycles. The average Bonchev–Trinajstić information content (AvgIpc) is 3.19. The number of hydrogen-bond acceptors (Lipinski definition) is 5. The summed E-state index contributed by atoms with van der Waals surface area (Å²) >= 11 is 0. The molecular weight excluding hydrogens is 280 g/mol. The lowest BCUT2D eigenvalue weighted by Crippen LogP contribution is -3.06. The van der Waals surface area contributed by atoms with Gasteiger partial charge in [0.1, 0.15) is 0 Å². The van der Waals surface area contributed by atoms with Crippen molar-refractivity contribution in [1.82, 2.24) is 20.2 Å². The molecule has 7 heteroatoms. The molecule has 0 bridgehead atoms. The van der Waals surface area contributed by atoms with Crippen LogP contribution in [0, 0.1) is 0 Å². The Hall–Kier alpha value is -2.67. The number of para-hydroxylation sites is 1. The van der Waals surface area contributed by atoms with Gasteiger partial charge >= 0.3 is 0 Å². The number of hydrogen-bond donors (Lipinski definition) is 2. The van der Waals surface area contributed by atoms with Crippen LogP contribution >= 0.6 is 0 Å². The molecule has 22 heavy (non-hydrogen) atoms. The molecule has 0 aliphatic carbocycles. The van der Waals surface area contributed by atoms with Crippen LogP contribution in [0.1, 0.15) is 11.8 Å². The van der Waals surface area contributed by atoms with Gasteiger partial charge in [-0.15, -0.1) is 0 Å². The van der Waals surface area contributed by atoms with Crippen LogP contribution < -0.4 is 10.2 Å². The van der Waals surface area contributed by atoms with E-state index in [9.17, 15) is 0 Å². The highest BCUT2D eigenvalue weighted by atomic mass is 16.3. The van der Waals surface area contributed by atoms with Crippen LogP contribution in [0.5, 0.6) is 0 Å². The van der Waals surface area contributed by atoms with Crippen molar-refractivity contribution in [2.75, 3.05) is 26.0 Å². The Morgan fingerprint density at radius 3 is 2.68 bits per heavy atom. The van der Waals surface area contributed by atoms with Crippen LogP contribution in [0.25, 0.3) is 5.69 Å². The molecule has 2 aromatic heterocycles. The molecule has 0 radical (unpaired) electrons. The van der Waals surface area contributed by atoms with E-state index < -0.39 is 0 Å². The van der Waals surface area contributed by atoms with Crippen molar-refractivity contribution in [2.24, 2.45) is 0 Å². The van der Waals surface area contributed by atoms with Gasteiger partial charge < -0.3 is 14.6 Å². The number of nitrogens with zero attached hydrogens (tertiary/aromatic N) is 4. The quantitative estimate of drug-likeness (QED) is 0.695. The molecule has 0 saturated carbocycles. The topological polar surface area (TPSA) is 73.2 Å². The van der Waals surface area contributed by atoms with Gasteiger partial charge in [-0.3, -0.25) is 0 Å². The Balaban J connectivity index is 1.76. The summed E-state index contributed by atoms with van der Waals surface area (Å²) in [6.07, 6.45) is 1.69. The lowest BCUT2D eigenvalue weighted by Gasteiger charge is -2.19. The van der Waals surface area contributed by atoms with Gasteiger partial charge in [-0.05, 0) is 34.7 Å². The Morgan fingerprint density at radius 1 is 1.18 bits per heavy atom. The maximum absolute atomic E-state index is 5.52. The largest absolute Gasteiger partial charge is 0.463 e. The van der Waals surface area contributed by atoms with Gasteiger partial charge in [0.25, 0.3) is 0 Å². The fraction of sp³-hybridized carbons (Fsp3) is 0.267. The molecule has 0 unspecified atom stereocenters. The summed E-state index contributed by atoms with van der Waals surface area (Å²) in [4.78, 5) is 1.26. The highest BCUT2D eigenvalue weighted by Crippen LogP contribution is 2.13. The standard InChI is InChI=1S/C15H18N6O/c1-20(2)13(14-9-6-10-22-14)11-16-15-17-18-19-21(15)12-7-4-3-5-8-12/h3-10,13H,11H2,1-2H3,(H,16,17,19)/p+1/t13-/m0/s1. The predicted octanol–water partition coefficient (Wildman–Crippen LogP) is 0.553. The Morgan fingerprint density at radius 2 is 2.00 bits per heavy atom. The van der Waals surface area contributed by atoms with Gasteiger partial charge in [0, 0.05) is 0 Å². The zero-order valence-electron chi connectivity index (χ0n) is 12.6. The van der Waals surface area contributed by atoms with Gasteiger partial charge in [0.05, 0.1) is 32.6 Å². The molecule has 7 nitrogen and oxygen atoms in total. The third kappa shape index (κ3) is 2.99. The first-order valence-corrected chi connectivity index (χ1v) is 7.17. The fourth-order valence-electron chi connectivity index (χ4n) is 2.31. The molecule has 0 amide bonds. The lowest BCUT2D eigenvalue weighted by atomic mass is 10.2. The van der Waals surface area contributed by atoms with Gasteiger partial charge in [-0.2, -0.15) is 4.68 Å². The maximum Gasteiger partial charge on any atom is 0.247 e. The zero-order chi connectivity index (χ0) is 15.4. The summed E-state index contributed by atoms with van der Waals surface area (Å²) in [5.74, 6) is 1.55. The van der Waals surface area contributed by atoms with Crippen LogP contribution in [0.15, 0.2) is 53.1 Å². The van der Waals surface area contributed by atoms with E-state index in [0.717, 1.165) is 11.4 Å². The van der Waals surface area contributed by atoms with E-state index in [-0.39, 0.29) is 6.04 Å². The Bertz CT molecular complexity index is 692. The second-order valence-corrected chi connectivity index (χ2v) is 5.28. The molecule has 0 spiro atoms. The van der Waals surface area contributed by atoms with Crippen LogP contribution in [0.4, 0.5) is 5.95 Å². The highest BCUT2D eigenvalue weighted by Gasteiger charge is 2.21. The van der Waals surface area contributed by atoms with Crippen LogP contribution in [-0.4, -0.2) is 40.8 Å². The number of benzene rings is 1. The molecule has 3 aromatic rings. The van der Waals surface area contributed by atoms with Crippen molar-refractivity contribution in [3.8, 4) is 5.69 Å². The zero-order valence-corrected chi connectivity index (χ0v) is 12.6. The Labute approximate surface area is 128 Å².